The van der Waals surface area contributed by atoms with Gasteiger partial charge in [-0.3, -0.25) is 14.5 Å². The molecule has 1 unspecified atom stereocenters. The van der Waals surface area contributed by atoms with Gasteiger partial charge in [0, 0.05) is 18.5 Å². The second-order valence-corrected chi connectivity index (χ2v) is 6.84. The van der Waals surface area contributed by atoms with Crippen LogP contribution in [0.2, 0.25) is 0 Å². The first kappa shape index (κ1) is 16.0. The molecule has 1 amide bonds. The molecule has 23 heavy (non-hydrogen) atoms. The molecule has 1 aliphatic carbocycles. The maximum Gasteiger partial charge on any atom is 0.307 e. The third-order valence-corrected chi connectivity index (χ3v) is 5.09. The van der Waals surface area contributed by atoms with Gasteiger partial charge in [-0.2, -0.15) is 0 Å². The van der Waals surface area contributed by atoms with Crippen LogP contribution in [0.15, 0.2) is 30.3 Å². The number of hydrogen-bond acceptors (Lipinski definition) is 3. The van der Waals surface area contributed by atoms with E-state index in [-0.39, 0.29) is 17.2 Å². The fraction of sp³-hybridized carbons (Fsp3) is 0.556. The van der Waals surface area contributed by atoms with Crippen molar-refractivity contribution >= 4 is 11.9 Å². The number of carbonyl (C=O) groups excluding carboxylic acids is 1. The SMILES string of the molecule is O=C(CN1CCCC(C(=O)O)C1)NCC1(c2ccccc2)CC1. The maximum absolute atomic E-state index is 12.2. The average molecular weight is 316 g/mol. The molecule has 0 radical (unpaired) electrons. The van der Waals surface area contributed by atoms with Crippen LogP contribution in [0.4, 0.5) is 0 Å². The van der Waals surface area contributed by atoms with Gasteiger partial charge >= 0.3 is 5.97 Å². The summed E-state index contributed by atoms with van der Waals surface area (Å²) >= 11 is 0. The van der Waals surface area contributed by atoms with Crippen LogP contribution in [0.3, 0.4) is 0 Å². The quantitative estimate of drug-likeness (QED) is 0.837. The van der Waals surface area contributed by atoms with Gasteiger partial charge in [-0.15, -0.1) is 0 Å². The number of carboxylic acids is 1. The molecular formula is C18H24N2O3. The lowest BCUT2D eigenvalue weighted by atomic mass is 9.96. The van der Waals surface area contributed by atoms with Gasteiger partial charge in [-0.05, 0) is 37.8 Å². The third kappa shape index (κ3) is 3.91. The molecule has 1 atom stereocenters. The number of carboxylic acid groups (broad SMARTS) is 1. The Labute approximate surface area is 136 Å². The zero-order chi connectivity index (χ0) is 16.3. The van der Waals surface area contributed by atoms with E-state index in [9.17, 15) is 9.59 Å². The lowest BCUT2D eigenvalue weighted by Gasteiger charge is -2.30. The van der Waals surface area contributed by atoms with Crippen molar-refractivity contribution in [1.82, 2.24) is 10.2 Å². The molecular weight excluding hydrogens is 292 g/mol. The number of amides is 1. The van der Waals surface area contributed by atoms with Gasteiger partial charge in [0.1, 0.15) is 0 Å². The van der Waals surface area contributed by atoms with Crippen LogP contribution in [0.5, 0.6) is 0 Å². The Kier molecular flexibility index (Phi) is 4.66. The Balaban J connectivity index is 1.48. The first-order chi connectivity index (χ1) is 11.1. The van der Waals surface area contributed by atoms with E-state index >= 15 is 0 Å². The van der Waals surface area contributed by atoms with Crippen LogP contribution in [0, 0.1) is 5.92 Å². The van der Waals surface area contributed by atoms with Gasteiger partial charge in [0.15, 0.2) is 0 Å². The van der Waals surface area contributed by atoms with Gasteiger partial charge in [0.05, 0.1) is 12.5 Å². The molecule has 1 aromatic rings. The second kappa shape index (κ2) is 6.71. The van der Waals surface area contributed by atoms with E-state index in [1.165, 1.54) is 5.56 Å². The summed E-state index contributed by atoms with van der Waals surface area (Å²) in [4.78, 5) is 25.2. The number of aliphatic carboxylic acids is 1. The Morgan fingerprint density at radius 2 is 2.00 bits per heavy atom. The van der Waals surface area contributed by atoms with E-state index in [2.05, 4.69) is 17.4 Å². The molecule has 5 heteroatoms. The number of carbonyl (C=O) groups is 2. The van der Waals surface area contributed by atoms with E-state index in [4.69, 9.17) is 5.11 Å². The lowest BCUT2D eigenvalue weighted by molar-refractivity contribution is -0.144. The molecule has 1 saturated heterocycles. The Morgan fingerprint density at radius 1 is 1.26 bits per heavy atom. The van der Waals surface area contributed by atoms with Crippen molar-refractivity contribution in [3.63, 3.8) is 0 Å². The van der Waals surface area contributed by atoms with Gasteiger partial charge in [0.2, 0.25) is 5.91 Å². The highest BCUT2D eigenvalue weighted by molar-refractivity contribution is 5.78. The van der Waals surface area contributed by atoms with Crippen LogP contribution >= 0.6 is 0 Å². The number of piperidine rings is 1. The highest BCUT2D eigenvalue weighted by Crippen LogP contribution is 2.47. The van der Waals surface area contributed by atoms with Crippen LogP contribution in [-0.2, 0) is 15.0 Å². The van der Waals surface area contributed by atoms with Gasteiger partial charge in [0.25, 0.3) is 0 Å². The van der Waals surface area contributed by atoms with Crippen molar-refractivity contribution in [2.75, 3.05) is 26.2 Å². The zero-order valence-corrected chi connectivity index (χ0v) is 13.3. The molecule has 0 bridgehead atoms. The molecule has 124 valence electrons. The van der Waals surface area contributed by atoms with Crippen LogP contribution in [-0.4, -0.2) is 48.1 Å². The number of likely N-dealkylation sites (tertiary alicyclic amines) is 1. The predicted octanol–water partition coefficient (Wildman–Crippen LogP) is 1.63. The third-order valence-electron chi connectivity index (χ3n) is 5.09. The topological polar surface area (TPSA) is 69.6 Å². The molecule has 2 fully saturated rings. The summed E-state index contributed by atoms with van der Waals surface area (Å²) in [5.41, 5.74) is 1.41. The van der Waals surface area contributed by atoms with Crippen molar-refractivity contribution in [1.29, 1.82) is 0 Å². The summed E-state index contributed by atoms with van der Waals surface area (Å²) < 4.78 is 0. The number of hydrogen-bond donors (Lipinski definition) is 2. The summed E-state index contributed by atoms with van der Waals surface area (Å²) in [5.74, 6) is -1.09. The fourth-order valence-corrected chi connectivity index (χ4v) is 3.44. The molecule has 2 aliphatic rings. The highest BCUT2D eigenvalue weighted by Gasteiger charge is 2.44. The number of benzene rings is 1. The largest absolute Gasteiger partial charge is 0.481 e. The molecule has 5 nitrogen and oxygen atoms in total. The Bertz CT molecular complexity index is 569. The molecule has 2 N–H and O–H groups in total. The van der Waals surface area contributed by atoms with E-state index in [0.717, 1.165) is 25.8 Å². The van der Waals surface area contributed by atoms with Gasteiger partial charge in [-0.25, -0.2) is 0 Å². The monoisotopic (exact) mass is 316 g/mol. The molecule has 1 aromatic carbocycles. The summed E-state index contributed by atoms with van der Waals surface area (Å²) in [5, 5.41) is 12.2. The molecule has 0 aromatic heterocycles. The molecule has 3 rings (SSSR count). The Morgan fingerprint density at radius 3 is 2.65 bits per heavy atom. The molecule has 0 spiro atoms. The van der Waals surface area contributed by atoms with E-state index in [0.29, 0.717) is 26.1 Å². The number of nitrogens with zero attached hydrogens (tertiary/aromatic N) is 1. The van der Waals surface area contributed by atoms with Crippen LogP contribution < -0.4 is 5.32 Å². The van der Waals surface area contributed by atoms with E-state index < -0.39 is 5.97 Å². The van der Waals surface area contributed by atoms with Crippen LogP contribution in [0.25, 0.3) is 0 Å². The number of nitrogens with one attached hydrogen (secondary N) is 1. The molecule has 1 heterocycles. The second-order valence-electron chi connectivity index (χ2n) is 6.84. The highest BCUT2D eigenvalue weighted by atomic mass is 16.4. The minimum absolute atomic E-state index is 0.00163. The number of rotatable bonds is 6. The first-order valence-corrected chi connectivity index (χ1v) is 8.36. The standard InChI is InChI=1S/C18H24N2O3/c21-16(12-20-10-4-5-14(11-20)17(22)23)19-13-18(8-9-18)15-6-2-1-3-7-15/h1-3,6-7,14H,4-5,8-13H2,(H,19,21)(H,22,23). The maximum atomic E-state index is 12.2. The summed E-state index contributed by atoms with van der Waals surface area (Å²) in [6.07, 6.45) is 3.78. The summed E-state index contributed by atoms with van der Waals surface area (Å²) in [6, 6.07) is 10.3. The predicted molar refractivity (Wildman–Crippen MR) is 87.2 cm³/mol. The minimum atomic E-state index is -0.754. The van der Waals surface area contributed by atoms with Crippen molar-refractivity contribution in [2.24, 2.45) is 5.92 Å². The molecule has 1 aliphatic heterocycles. The molecule has 1 saturated carbocycles. The van der Waals surface area contributed by atoms with Crippen molar-refractivity contribution in [3.05, 3.63) is 35.9 Å². The van der Waals surface area contributed by atoms with Crippen molar-refractivity contribution in [3.8, 4) is 0 Å². The zero-order valence-electron chi connectivity index (χ0n) is 13.3. The average Bonchev–Trinajstić information content (AvgIpc) is 3.35. The van der Waals surface area contributed by atoms with Crippen molar-refractivity contribution in [2.45, 2.75) is 31.1 Å². The minimum Gasteiger partial charge on any atom is -0.481 e. The smallest absolute Gasteiger partial charge is 0.307 e. The van der Waals surface area contributed by atoms with Gasteiger partial charge < -0.3 is 10.4 Å². The summed E-state index contributed by atoms with van der Waals surface area (Å²) in [7, 11) is 0. The van der Waals surface area contributed by atoms with Gasteiger partial charge in [-0.1, -0.05) is 30.3 Å². The van der Waals surface area contributed by atoms with Crippen LogP contribution in [0.1, 0.15) is 31.2 Å². The first-order valence-electron chi connectivity index (χ1n) is 8.36. The fourth-order valence-electron chi connectivity index (χ4n) is 3.44. The Hall–Kier alpha value is -1.88. The van der Waals surface area contributed by atoms with E-state index in [1.807, 2.05) is 23.1 Å². The van der Waals surface area contributed by atoms with Crippen molar-refractivity contribution < 1.29 is 14.7 Å². The van der Waals surface area contributed by atoms with E-state index in [1.54, 1.807) is 0 Å². The summed E-state index contributed by atoms with van der Waals surface area (Å²) in [6.45, 7) is 2.26. The normalized spacial score (nSPS) is 23.2. The lowest BCUT2D eigenvalue weighted by Crippen LogP contribution is -2.45.